The summed E-state index contributed by atoms with van der Waals surface area (Å²) in [6.07, 6.45) is 0. The molecular formula is C15H23NO. The van der Waals surface area contributed by atoms with Crippen LogP contribution in [0.5, 0.6) is 0 Å². The standard InChI is InChI=1S/C13H17NO.C2H6/c1-4-14-8-11-7-10(9(2)3)5-6-12(11)13(14)15;1-2/h5-7,9H,4,8H2,1-3H3;1-2H3. The van der Waals surface area contributed by atoms with E-state index >= 15 is 0 Å². The Balaban J connectivity index is 0.000000686. The van der Waals surface area contributed by atoms with Crippen molar-refractivity contribution in [1.29, 1.82) is 0 Å². The predicted octanol–water partition coefficient (Wildman–Crippen LogP) is 3.81. The average molecular weight is 233 g/mol. The summed E-state index contributed by atoms with van der Waals surface area (Å²) in [4.78, 5) is 13.7. The molecular weight excluding hydrogens is 210 g/mol. The zero-order valence-corrected chi connectivity index (χ0v) is 11.6. The van der Waals surface area contributed by atoms with Crippen LogP contribution in [0.4, 0.5) is 0 Å². The molecule has 0 aliphatic carbocycles. The van der Waals surface area contributed by atoms with E-state index in [1.165, 1.54) is 11.1 Å². The SMILES string of the molecule is CC.CCN1Cc2cc(C(C)C)ccc2C1=O. The summed E-state index contributed by atoms with van der Waals surface area (Å²) < 4.78 is 0. The molecule has 1 aromatic carbocycles. The molecule has 0 radical (unpaired) electrons. The maximum absolute atomic E-state index is 11.8. The summed E-state index contributed by atoms with van der Waals surface area (Å²) in [5.74, 6) is 0.712. The van der Waals surface area contributed by atoms with Gasteiger partial charge in [0.15, 0.2) is 0 Å². The molecule has 1 aromatic rings. The van der Waals surface area contributed by atoms with Crippen LogP contribution in [0.25, 0.3) is 0 Å². The average Bonchev–Trinajstić information content (AvgIpc) is 2.68. The van der Waals surface area contributed by atoms with Gasteiger partial charge in [-0.1, -0.05) is 39.8 Å². The van der Waals surface area contributed by atoms with Crippen molar-refractivity contribution >= 4 is 5.91 Å². The van der Waals surface area contributed by atoms with Gasteiger partial charge in [0.1, 0.15) is 0 Å². The van der Waals surface area contributed by atoms with E-state index in [9.17, 15) is 4.79 Å². The Hall–Kier alpha value is -1.31. The summed E-state index contributed by atoms with van der Waals surface area (Å²) in [6.45, 7) is 12.0. The number of hydrogen-bond donors (Lipinski definition) is 0. The molecule has 17 heavy (non-hydrogen) atoms. The van der Waals surface area contributed by atoms with Gasteiger partial charge in [0, 0.05) is 18.7 Å². The summed E-state index contributed by atoms with van der Waals surface area (Å²) in [5, 5.41) is 0. The van der Waals surface area contributed by atoms with Crippen LogP contribution in [0.2, 0.25) is 0 Å². The van der Waals surface area contributed by atoms with Gasteiger partial charge in [-0.2, -0.15) is 0 Å². The van der Waals surface area contributed by atoms with Crippen LogP contribution in [-0.4, -0.2) is 17.4 Å². The van der Waals surface area contributed by atoms with Crippen molar-refractivity contribution < 1.29 is 4.79 Å². The second kappa shape index (κ2) is 5.85. The quantitative estimate of drug-likeness (QED) is 0.760. The largest absolute Gasteiger partial charge is 0.335 e. The van der Waals surface area contributed by atoms with Crippen molar-refractivity contribution in [2.45, 2.75) is 47.1 Å². The van der Waals surface area contributed by atoms with Crippen LogP contribution >= 0.6 is 0 Å². The lowest BCUT2D eigenvalue weighted by Crippen LogP contribution is -2.22. The number of rotatable bonds is 2. The molecule has 1 amide bonds. The first kappa shape index (κ1) is 13.8. The molecule has 2 heteroatoms. The van der Waals surface area contributed by atoms with E-state index in [-0.39, 0.29) is 5.91 Å². The minimum Gasteiger partial charge on any atom is -0.335 e. The maximum atomic E-state index is 11.8. The van der Waals surface area contributed by atoms with Gasteiger partial charge < -0.3 is 4.90 Å². The number of nitrogens with zero attached hydrogens (tertiary/aromatic N) is 1. The van der Waals surface area contributed by atoms with Crippen LogP contribution in [-0.2, 0) is 6.54 Å². The molecule has 2 nitrogen and oxygen atoms in total. The fraction of sp³-hybridized carbons (Fsp3) is 0.533. The first-order valence-electron chi connectivity index (χ1n) is 6.55. The molecule has 1 heterocycles. The third-order valence-electron chi connectivity index (χ3n) is 3.06. The van der Waals surface area contributed by atoms with Crippen molar-refractivity contribution in [3.8, 4) is 0 Å². The van der Waals surface area contributed by atoms with Gasteiger partial charge in [-0.3, -0.25) is 4.79 Å². The van der Waals surface area contributed by atoms with Gasteiger partial charge in [-0.05, 0) is 30.0 Å². The minimum absolute atomic E-state index is 0.183. The molecule has 0 bridgehead atoms. The van der Waals surface area contributed by atoms with Gasteiger partial charge in [0.05, 0.1) is 0 Å². The van der Waals surface area contributed by atoms with Crippen LogP contribution in [0.15, 0.2) is 18.2 Å². The normalized spacial score (nSPS) is 13.5. The predicted molar refractivity (Wildman–Crippen MR) is 72.3 cm³/mol. The fourth-order valence-corrected chi connectivity index (χ4v) is 2.02. The number of carbonyl (C=O) groups is 1. The molecule has 1 aliphatic heterocycles. The van der Waals surface area contributed by atoms with E-state index in [0.29, 0.717) is 5.92 Å². The van der Waals surface area contributed by atoms with Gasteiger partial charge in [0.2, 0.25) is 0 Å². The summed E-state index contributed by atoms with van der Waals surface area (Å²) in [7, 11) is 0. The van der Waals surface area contributed by atoms with E-state index in [0.717, 1.165) is 18.7 Å². The molecule has 0 saturated carbocycles. The second-order valence-electron chi connectivity index (χ2n) is 4.39. The van der Waals surface area contributed by atoms with Gasteiger partial charge >= 0.3 is 0 Å². The van der Waals surface area contributed by atoms with E-state index in [4.69, 9.17) is 0 Å². The Labute approximate surface area is 105 Å². The molecule has 2 rings (SSSR count). The van der Waals surface area contributed by atoms with Crippen LogP contribution in [0.3, 0.4) is 0 Å². The lowest BCUT2D eigenvalue weighted by Gasteiger charge is -2.10. The maximum Gasteiger partial charge on any atom is 0.254 e. The number of fused-ring (bicyclic) bond motifs is 1. The second-order valence-corrected chi connectivity index (χ2v) is 4.39. The molecule has 0 atom stereocenters. The molecule has 94 valence electrons. The lowest BCUT2D eigenvalue weighted by molar-refractivity contribution is 0.0787. The topological polar surface area (TPSA) is 20.3 Å². The van der Waals surface area contributed by atoms with Crippen molar-refractivity contribution in [2.24, 2.45) is 0 Å². The summed E-state index contributed by atoms with van der Waals surface area (Å²) >= 11 is 0. The van der Waals surface area contributed by atoms with Crippen LogP contribution in [0.1, 0.15) is 62.0 Å². The summed E-state index contributed by atoms with van der Waals surface area (Å²) in [5.41, 5.74) is 3.40. The molecule has 0 spiro atoms. The van der Waals surface area contributed by atoms with Crippen molar-refractivity contribution in [3.63, 3.8) is 0 Å². The fourth-order valence-electron chi connectivity index (χ4n) is 2.02. The minimum atomic E-state index is 0.183. The zero-order chi connectivity index (χ0) is 13.0. The number of carbonyl (C=O) groups excluding carboxylic acids is 1. The molecule has 0 N–H and O–H groups in total. The number of amides is 1. The zero-order valence-electron chi connectivity index (χ0n) is 11.6. The van der Waals surface area contributed by atoms with Gasteiger partial charge in [-0.25, -0.2) is 0 Å². The molecule has 0 fully saturated rings. The highest BCUT2D eigenvalue weighted by Gasteiger charge is 2.25. The summed E-state index contributed by atoms with van der Waals surface area (Å²) in [6, 6.07) is 6.22. The van der Waals surface area contributed by atoms with Gasteiger partial charge in [-0.15, -0.1) is 0 Å². The van der Waals surface area contributed by atoms with Gasteiger partial charge in [0.25, 0.3) is 5.91 Å². The van der Waals surface area contributed by atoms with Crippen LogP contribution < -0.4 is 0 Å². The van der Waals surface area contributed by atoms with Crippen LogP contribution in [0, 0.1) is 0 Å². The Morgan fingerprint density at radius 3 is 2.47 bits per heavy atom. The first-order valence-corrected chi connectivity index (χ1v) is 6.55. The Kier molecular flexibility index (Phi) is 4.73. The van der Waals surface area contributed by atoms with Crippen molar-refractivity contribution in [1.82, 2.24) is 4.90 Å². The third kappa shape index (κ3) is 2.68. The highest BCUT2D eigenvalue weighted by Crippen LogP contribution is 2.26. The third-order valence-corrected chi connectivity index (χ3v) is 3.06. The van der Waals surface area contributed by atoms with E-state index in [1.807, 2.05) is 31.7 Å². The number of hydrogen-bond acceptors (Lipinski definition) is 1. The highest BCUT2D eigenvalue weighted by atomic mass is 16.2. The molecule has 0 unspecified atom stereocenters. The lowest BCUT2D eigenvalue weighted by atomic mass is 9.98. The van der Waals surface area contributed by atoms with E-state index in [1.54, 1.807) is 0 Å². The smallest absolute Gasteiger partial charge is 0.254 e. The highest BCUT2D eigenvalue weighted by molar-refractivity contribution is 5.98. The molecule has 1 aliphatic rings. The Bertz CT molecular complexity index is 396. The first-order chi connectivity index (χ1) is 8.13. The Morgan fingerprint density at radius 1 is 1.29 bits per heavy atom. The monoisotopic (exact) mass is 233 g/mol. The molecule has 0 saturated heterocycles. The number of benzene rings is 1. The van der Waals surface area contributed by atoms with Crippen molar-refractivity contribution in [2.75, 3.05) is 6.54 Å². The van der Waals surface area contributed by atoms with E-state index in [2.05, 4.69) is 26.0 Å². The van der Waals surface area contributed by atoms with E-state index < -0.39 is 0 Å². The molecule has 0 aromatic heterocycles. The van der Waals surface area contributed by atoms with Crippen molar-refractivity contribution in [3.05, 3.63) is 34.9 Å². The Morgan fingerprint density at radius 2 is 1.94 bits per heavy atom.